The van der Waals surface area contributed by atoms with Crippen LogP contribution in [0.25, 0.3) is 10.8 Å². The number of hydrogen-bond donors (Lipinski definition) is 2. The first-order valence-electron chi connectivity index (χ1n) is 6.24. The van der Waals surface area contributed by atoms with Crippen LogP contribution >= 0.6 is 0 Å². The summed E-state index contributed by atoms with van der Waals surface area (Å²) in [5.41, 5.74) is 0. The summed E-state index contributed by atoms with van der Waals surface area (Å²) in [6.07, 6.45) is 0. The van der Waals surface area contributed by atoms with Crippen molar-refractivity contribution in [3.63, 3.8) is 0 Å². The van der Waals surface area contributed by atoms with Gasteiger partial charge in [-0.25, -0.2) is 26.3 Å². The second-order valence-electron chi connectivity index (χ2n) is 4.40. The first-order valence-corrected chi connectivity index (χ1v) is 9.21. The van der Waals surface area contributed by atoms with Gasteiger partial charge in [-0.15, -0.1) is 0 Å². The van der Waals surface area contributed by atoms with Crippen LogP contribution in [0.1, 0.15) is 0 Å². The van der Waals surface area contributed by atoms with Crippen molar-refractivity contribution in [1.29, 1.82) is 0 Å². The summed E-state index contributed by atoms with van der Waals surface area (Å²) in [7, 11) is -3.39. The van der Waals surface area contributed by atoms with Crippen LogP contribution in [0.5, 0.6) is 5.75 Å². The van der Waals surface area contributed by atoms with Crippen LogP contribution in [0.4, 0.5) is 0 Å². The summed E-state index contributed by atoms with van der Waals surface area (Å²) in [5, 5.41) is 0.856. The zero-order valence-corrected chi connectivity index (χ0v) is 13.9. The first-order chi connectivity index (χ1) is 10.3. The van der Waals surface area contributed by atoms with Gasteiger partial charge >= 0.3 is 0 Å². The van der Waals surface area contributed by atoms with Gasteiger partial charge in [0.05, 0.1) is 12.0 Å². The predicted octanol–water partition coefficient (Wildman–Crippen LogP) is 0.665. The molecule has 0 amide bonds. The van der Waals surface area contributed by atoms with Gasteiger partial charge in [-0.3, -0.25) is 0 Å². The van der Waals surface area contributed by atoms with Crippen LogP contribution in [-0.2, 0) is 20.0 Å². The molecule has 0 fully saturated rings. The summed E-state index contributed by atoms with van der Waals surface area (Å²) in [5.74, 6) is 0.186. The van der Waals surface area contributed by atoms with Crippen molar-refractivity contribution >= 4 is 30.8 Å². The molecule has 2 aromatic carbocycles. The molecule has 0 radical (unpaired) electrons. The van der Waals surface area contributed by atoms with E-state index < -0.39 is 20.0 Å². The fraction of sp³-hybridized carbons (Fsp3) is 0.231. The van der Waals surface area contributed by atoms with Crippen LogP contribution < -0.4 is 14.2 Å². The van der Waals surface area contributed by atoms with Crippen LogP contribution in [-0.4, -0.2) is 38.0 Å². The number of rotatable bonds is 5. The molecular formula is C13H16N2O5S2. The van der Waals surface area contributed by atoms with E-state index in [1.165, 1.54) is 45.5 Å². The van der Waals surface area contributed by atoms with E-state index >= 15 is 0 Å². The standard InChI is InChI=1S/C13H16N2O5S2/c1-14-21(16,17)10-5-6-11-9(8-10)4-7-12(20-3)13(11)22(18,19)15-2/h4-8,14-15H,1-3H3. The van der Waals surface area contributed by atoms with Crippen LogP contribution in [0.15, 0.2) is 40.1 Å². The van der Waals surface area contributed by atoms with E-state index in [1.807, 2.05) is 0 Å². The van der Waals surface area contributed by atoms with Gasteiger partial charge in [0.2, 0.25) is 20.0 Å². The molecule has 0 saturated carbocycles. The largest absolute Gasteiger partial charge is 0.495 e. The Labute approximate surface area is 129 Å². The highest BCUT2D eigenvalue weighted by Crippen LogP contribution is 2.33. The van der Waals surface area contributed by atoms with E-state index in [2.05, 4.69) is 9.44 Å². The van der Waals surface area contributed by atoms with E-state index in [-0.39, 0.29) is 15.5 Å². The number of methoxy groups -OCH3 is 1. The van der Waals surface area contributed by atoms with Gasteiger partial charge in [0.15, 0.2) is 0 Å². The lowest BCUT2D eigenvalue weighted by molar-refractivity contribution is 0.404. The topological polar surface area (TPSA) is 102 Å². The molecule has 0 aromatic heterocycles. The molecular weight excluding hydrogens is 328 g/mol. The zero-order valence-electron chi connectivity index (χ0n) is 12.2. The van der Waals surface area contributed by atoms with Crippen LogP contribution in [0.2, 0.25) is 0 Å². The van der Waals surface area contributed by atoms with E-state index in [0.717, 1.165) is 0 Å². The maximum Gasteiger partial charge on any atom is 0.244 e. The average Bonchev–Trinajstić information content (AvgIpc) is 2.52. The molecule has 0 bridgehead atoms. The Bertz CT molecular complexity index is 921. The summed E-state index contributed by atoms with van der Waals surface area (Å²) in [6, 6.07) is 7.31. The average molecular weight is 344 g/mol. The fourth-order valence-electron chi connectivity index (χ4n) is 2.08. The molecule has 0 aliphatic rings. The second kappa shape index (κ2) is 5.84. The van der Waals surface area contributed by atoms with E-state index in [4.69, 9.17) is 4.74 Å². The minimum absolute atomic E-state index is 0.0246. The number of hydrogen-bond acceptors (Lipinski definition) is 5. The Hall–Kier alpha value is -1.68. The number of sulfonamides is 2. The van der Waals surface area contributed by atoms with E-state index in [0.29, 0.717) is 10.8 Å². The van der Waals surface area contributed by atoms with Gasteiger partial charge in [-0.1, -0.05) is 12.1 Å². The number of ether oxygens (including phenoxy) is 1. The van der Waals surface area contributed by atoms with Gasteiger partial charge in [0, 0.05) is 5.39 Å². The normalized spacial score (nSPS) is 12.5. The predicted molar refractivity (Wildman–Crippen MR) is 83.0 cm³/mol. The molecule has 0 spiro atoms. The van der Waals surface area contributed by atoms with Crippen molar-refractivity contribution in [2.45, 2.75) is 9.79 Å². The SMILES string of the molecule is CNS(=O)(=O)c1ccc2c(S(=O)(=O)NC)c(OC)ccc2c1. The monoisotopic (exact) mass is 344 g/mol. The molecule has 0 saturated heterocycles. The molecule has 22 heavy (non-hydrogen) atoms. The Balaban J connectivity index is 2.85. The smallest absolute Gasteiger partial charge is 0.244 e. The molecule has 120 valence electrons. The Kier molecular flexibility index (Phi) is 4.43. The fourth-order valence-corrected chi connectivity index (χ4v) is 3.95. The number of fused-ring (bicyclic) bond motifs is 1. The molecule has 0 unspecified atom stereocenters. The summed E-state index contributed by atoms with van der Waals surface area (Å²) < 4.78 is 57.7. The maximum atomic E-state index is 12.2. The molecule has 2 N–H and O–H groups in total. The molecule has 2 rings (SSSR count). The summed E-state index contributed by atoms with van der Waals surface area (Å²) >= 11 is 0. The van der Waals surface area contributed by atoms with E-state index in [1.54, 1.807) is 6.07 Å². The van der Waals surface area contributed by atoms with Gasteiger partial charge in [-0.05, 0) is 37.7 Å². The Morgan fingerprint density at radius 3 is 2.09 bits per heavy atom. The van der Waals surface area contributed by atoms with Crippen molar-refractivity contribution in [2.24, 2.45) is 0 Å². The highest BCUT2D eigenvalue weighted by molar-refractivity contribution is 7.90. The van der Waals surface area contributed by atoms with Crippen molar-refractivity contribution < 1.29 is 21.6 Å². The van der Waals surface area contributed by atoms with Gasteiger partial charge in [0.1, 0.15) is 10.6 Å². The van der Waals surface area contributed by atoms with Crippen LogP contribution in [0, 0.1) is 0 Å². The summed E-state index contributed by atoms with van der Waals surface area (Å²) in [4.78, 5) is 0.0314. The molecule has 0 heterocycles. The molecule has 7 nitrogen and oxygen atoms in total. The highest BCUT2D eigenvalue weighted by atomic mass is 32.2. The Morgan fingerprint density at radius 2 is 1.55 bits per heavy atom. The minimum Gasteiger partial charge on any atom is -0.495 e. The third-order valence-electron chi connectivity index (χ3n) is 3.24. The maximum absolute atomic E-state index is 12.2. The second-order valence-corrected chi connectivity index (χ2v) is 8.10. The van der Waals surface area contributed by atoms with Gasteiger partial charge < -0.3 is 4.74 Å². The molecule has 0 atom stereocenters. The third-order valence-corrected chi connectivity index (χ3v) is 6.15. The molecule has 9 heteroatoms. The van der Waals surface area contributed by atoms with Crippen molar-refractivity contribution in [2.75, 3.05) is 21.2 Å². The lowest BCUT2D eigenvalue weighted by Crippen LogP contribution is -2.20. The van der Waals surface area contributed by atoms with Gasteiger partial charge in [-0.2, -0.15) is 0 Å². The number of nitrogens with one attached hydrogen (secondary N) is 2. The quantitative estimate of drug-likeness (QED) is 0.830. The van der Waals surface area contributed by atoms with Crippen molar-refractivity contribution in [1.82, 2.24) is 9.44 Å². The highest BCUT2D eigenvalue weighted by Gasteiger charge is 2.22. The zero-order chi connectivity index (χ0) is 16.5. The molecule has 2 aromatic rings. The number of benzene rings is 2. The first kappa shape index (κ1) is 16.7. The van der Waals surface area contributed by atoms with Crippen LogP contribution in [0.3, 0.4) is 0 Å². The van der Waals surface area contributed by atoms with Gasteiger partial charge in [0.25, 0.3) is 0 Å². The lowest BCUT2D eigenvalue weighted by Gasteiger charge is -2.13. The summed E-state index contributed by atoms with van der Waals surface area (Å²) in [6.45, 7) is 0. The minimum atomic E-state index is -3.76. The molecule has 0 aliphatic carbocycles. The molecule has 0 aliphatic heterocycles. The van der Waals surface area contributed by atoms with E-state index in [9.17, 15) is 16.8 Å². The lowest BCUT2D eigenvalue weighted by atomic mass is 10.1. The van der Waals surface area contributed by atoms with Crippen molar-refractivity contribution in [3.8, 4) is 5.75 Å². The third kappa shape index (κ3) is 2.80. The Morgan fingerprint density at radius 1 is 0.909 bits per heavy atom. The van der Waals surface area contributed by atoms with Crippen molar-refractivity contribution in [3.05, 3.63) is 30.3 Å².